The van der Waals surface area contributed by atoms with Gasteiger partial charge in [-0.25, -0.2) is 9.97 Å². The highest BCUT2D eigenvalue weighted by molar-refractivity contribution is 6.55. The lowest BCUT2D eigenvalue weighted by Crippen LogP contribution is -2.41. The fraction of sp³-hybridized carbons (Fsp3) is 0.538. The van der Waals surface area contributed by atoms with Crippen LogP contribution in [-0.2, 0) is 9.31 Å². The second kappa shape index (κ2) is 5.04. The summed E-state index contributed by atoms with van der Waals surface area (Å²) in [6, 6.07) is 0. The summed E-state index contributed by atoms with van der Waals surface area (Å²) < 4.78 is 11.8. The molecule has 1 saturated heterocycles. The molecule has 0 spiro atoms. The lowest BCUT2D eigenvalue weighted by Gasteiger charge is -2.32. The van der Waals surface area contributed by atoms with E-state index < -0.39 is 18.3 Å². The van der Waals surface area contributed by atoms with Crippen molar-refractivity contribution in [3.05, 3.63) is 29.8 Å². The van der Waals surface area contributed by atoms with Crippen LogP contribution in [0.5, 0.6) is 0 Å². The number of aromatic nitrogens is 2. The Morgan fingerprint density at radius 1 is 1.21 bits per heavy atom. The average molecular weight is 262 g/mol. The molecule has 6 heteroatoms. The highest BCUT2D eigenvalue weighted by Gasteiger charge is 2.52. The van der Waals surface area contributed by atoms with Gasteiger partial charge in [-0.15, -0.1) is 0 Å². The molecular formula is C13H19BN2O3. The maximum atomic E-state index is 9.52. The first kappa shape index (κ1) is 14.2. The van der Waals surface area contributed by atoms with Crippen molar-refractivity contribution in [1.29, 1.82) is 0 Å². The van der Waals surface area contributed by atoms with Crippen LogP contribution in [0.15, 0.2) is 24.2 Å². The molecule has 2 rings (SSSR count). The normalized spacial score (nSPS) is 21.7. The Morgan fingerprint density at radius 2 is 1.74 bits per heavy atom. The highest BCUT2D eigenvalue weighted by atomic mass is 16.7. The quantitative estimate of drug-likeness (QED) is 0.836. The van der Waals surface area contributed by atoms with Gasteiger partial charge in [-0.2, -0.15) is 0 Å². The van der Waals surface area contributed by atoms with Gasteiger partial charge in [-0.1, -0.05) is 6.08 Å². The average Bonchev–Trinajstić information content (AvgIpc) is 2.56. The standard InChI is InChI=1S/C13H19BN2O3/c1-12(2)13(3,4)19-14(18-12)11(8-17)5-10-6-15-9-16-7-10/h5-7,9,17H,8H2,1-4H3. The Bertz CT molecular complexity index is 458. The molecule has 0 radical (unpaired) electrons. The Kier molecular flexibility index (Phi) is 3.76. The van der Waals surface area contributed by atoms with E-state index in [1.807, 2.05) is 27.7 Å². The Morgan fingerprint density at radius 3 is 2.21 bits per heavy atom. The molecule has 0 atom stereocenters. The molecule has 1 aromatic heterocycles. The van der Waals surface area contributed by atoms with Crippen LogP contribution in [0.4, 0.5) is 0 Å². The molecule has 1 aromatic rings. The summed E-state index contributed by atoms with van der Waals surface area (Å²) in [6.45, 7) is 7.79. The first-order chi connectivity index (χ1) is 8.86. The van der Waals surface area contributed by atoms with E-state index in [0.29, 0.717) is 5.47 Å². The van der Waals surface area contributed by atoms with Gasteiger partial charge in [0.05, 0.1) is 17.8 Å². The third-order valence-electron chi connectivity index (χ3n) is 3.67. The molecule has 0 saturated carbocycles. The number of aliphatic hydroxyl groups is 1. The minimum absolute atomic E-state index is 0.133. The second-order valence-corrected chi connectivity index (χ2v) is 5.64. The first-order valence-electron chi connectivity index (χ1n) is 6.28. The zero-order valence-electron chi connectivity index (χ0n) is 11.8. The molecule has 1 aliphatic rings. The molecule has 1 fully saturated rings. The van der Waals surface area contributed by atoms with Crippen molar-refractivity contribution in [1.82, 2.24) is 9.97 Å². The van der Waals surface area contributed by atoms with Crippen LogP contribution in [0.2, 0.25) is 0 Å². The molecule has 0 bridgehead atoms. The van der Waals surface area contributed by atoms with E-state index in [0.717, 1.165) is 5.56 Å². The van der Waals surface area contributed by atoms with Crippen LogP contribution >= 0.6 is 0 Å². The monoisotopic (exact) mass is 262 g/mol. The first-order valence-corrected chi connectivity index (χ1v) is 6.28. The summed E-state index contributed by atoms with van der Waals surface area (Å²) in [7, 11) is -0.546. The second-order valence-electron chi connectivity index (χ2n) is 5.64. The van der Waals surface area contributed by atoms with Gasteiger partial charge in [-0.3, -0.25) is 0 Å². The lowest BCUT2D eigenvalue weighted by molar-refractivity contribution is 0.00578. The maximum Gasteiger partial charge on any atom is 0.492 e. The number of hydrogen-bond acceptors (Lipinski definition) is 5. The summed E-state index contributed by atoms with van der Waals surface area (Å²) in [5.41, 5.74) is 0.632. The van der Waals surface area contributed by atoms with E-state index >= 15 is 0 Å². The van der Waals surface area contributed by atoms with Gasteiger partial charge in [0.25, 0.3) is 0 Å². The predicted octanol–water partition coefficient (Wildman–Crippen LogP) is 1.48. The number of hydrogen-bond donors (Lipinski definition) is 1. The molecule has 0 aromatic carbocycles. The number of aliphatic hydroxyl groups excluding tert-OH is 1. The van der Waals surface area contributed by atoms with Gasteiger partial charge in [-0.05, 0) is 33.2 Å². The van der Waals surface area contributed by atoms with Gasteiger partial charge < -0.3 is 14.4 Å². The molecule has 0 unspecified atom stereocenters. The Hall–Kier alpha value is -1.24. The van der Waals surface area contributed by atoms with Crippen LogP contribution in [0, 0.1) is 0 Å². The Labute approximate surface area is 113 Å². The molecule has 0 aliphatic carbocycles. The number of rotatable bonds is 3. The van der Waals surface area contributed by atoms with Crippen molar-refractivity contribution >= 4 is 13.2 Å². The third kappa shape index (κ3) is 2.86. The fourth-order valence-electron chi connectivity index (χ4n) is 1.78. The molecule has 2 heterocycles. The van der Waals surface area contributed by atoms with Crippen molar-refractivity contribution in [3.63, 3.8) is 0 Å². The summed E-state index contributed by atoms with van der Waals surface area (Å²) >= 11 is 0. The smallest absolute Gasteiger partial charge is 0.400 e. The van der Waals surface area contributed by atoms with Crippen molar-refractivity contribution in [2.45, 2.75) is 38.9 Å². The molecule has 19 heavy (non-hydrogen) atoms. The van der Waals surface area contributed by atoms with Crippen molar-refractivity contribution in [3.8, 4) is 0 Å². The topological polar surface area (TPSA) is 64.5 Å². The molecule has 0 amide bonds. The Balaban J connectivity index is 2.23. The van der Waals surface area contributed by atoms with Gasteiger partial charge in [0, 0.05) is 18.0 Å². The molecule has 1 aliphatic heterocycles. The van der Waals surface area contributed by atoms with E-state index in [2.05, 4.69) is 9.97 Å². The van der Waals surface area contributed by atoms with E-state index in [-0.39, 0.29) is 6.61 Å². The zero-order valence-corrected chi connectivity index (χ0v) is 11.8. The van der Waals surface area contributed by atoms with E-state index in [4.69, 9.17) is 9.31 Å². The van der Waals surface area contributed by atoms with E-state index in [1.54, 1.807) is 18.5 Å². The van der Waals surface area contributed by atoms with Crippen LogP contribution < -0.4 is 0 Å². The minimum Gasteiger partial charge on any atom is -0.400 e. The molecular weight excluding hydrogens is 243 g/mol. The van der Waals surface area contributed by atoms with Crippen molar-refractivity contribution in [2.24, 2.45) is 0 Å². The van der Waals surface area contributed by atoms with Crippen LogP contribution in [0.3, 0.4) is 0 Å². The van der Waals surface area contributed by atoms with Gasteiger partial charge >= 0.3 is 7.12 Å². The molecule has 1 N–H and O–H groups in total. The number of nitrogens with zero attached hydrogens (tertiary/aromatic N) is 2. The largest absolute Gasteiger partial charge is 0.492 e. The molecule has 5 nitrogen and oxygen atoms in total. The molecule has 102 valence electrons. The van der Waals surface area contributed by atoms with Gasteiger partial charge in [0.15, 0.2) is 0 Å². The minimum atomic E-state index is -0.546. The van der Waals surface area contributed by atoms with Gasteiger partial charge in [0.2, 0.25) is 0 Å². The summed E-state index contributed by atoms with van der Waals surface area (Å²) in [5.74, 6) is 0. The van der Waals surface area contributed by atoms with Crippen molar-refractivity contribution in [2.75, 3.05) is 6.61 Å². The van der Waals surface area contributed by atoms with Crippen LogP contribution in [-0.4, -0.2) is 40.0 Å². The zero-order chi connectivity index (χ0) is 14.1. The van der Waals surface area contributed by atoms with Gasteiger partial charge in [0.1, 0.15) is 6.33 Å². The SMILES string of the molecule is CC1(C)OB(C(=Cc2cncnc2)CO)OC1(C)C. The maximum absolute atomic E-state index is 9.52. The van der Waals surface area contributed by atoms with Crippen LogP contribution in [0.25, 0.3) is 6.08 Å². The van der Waals surface area contributed by atoms with E-state index in [9.17, 15) is 5.11 Å². The lowest BCUT2D eigenvalue weighted by atomic mass is 9.78. The van der Waals surface area contributed by atoms with Crippen molar-refractivity contribution < 1.29 is 14.4 Å². The highest BCUT2D eigenvalue weighted by Crippen LogP contribution is 2.38. The summed E-state index contributed by atoms with van der Waals surface area (Å²) in [4.78, 5) is 7.87. The predicted molar refractivity (Wildman–Crippen MR) is 73.2 cm³/mol. The summed E-state index contributed by atoms with van der Waals surface area (Å²) in [6.07, 6.45) is 6.61. The third-order valence-corrected chi connectivity index (χ3v) is 3.67. The summed E-state index contributed by atoms with van der Waals surface area (Å²) in [5, 5.41) is 9.52. The fourth-order valence-corrected chi connectivity index (χ4v) is 1.78. The van der Waals surface area contributed by atoms with E-state index in [1.165, 1.54) is 6.33 Å². The van der Waals surface area contributed by atoms with Crippen LogP contribution in [0.1, 0.15) is 33.3 Å².